The Kier molecular flexibility index (Phi) is 5.26. The van der Waals surface area contributed by atoms with Crippen LogP contribution in [0.15, 0.2) is 65.8 Å². The smallest absolute Gasteiger partial charge is 0.275 e. The maximum absolute atomic E-state index is 12.5. The lowest BCUT2D eigenvalue weighted by molar-refractivity contribution is 0.0952. The number of hydrogen-bond donors (Lipinski definition) is 1. The van der Waals surface area contributed by atoms with E-state index in [-0.39, 0.29) is 11.3 Å². The summed E-state index contributed by atoms with van der Waals surface area (Å²) in [5.74, 6) is 0.219. The molecule has 4 nitrogen and oxygen atoms in total. The van der Waals surface area contributed by atoms with Crippen LogP contribution >= 0.6 is 0 Å². The molecular weight excluding hydrogens is 336 g/mol. The van der Waals surface area contributed by atoms with Gasteiger partial charge in [-0.2, -0.15) is 5.10 Å². The Morgan fingerprint density at radius 3 is 2.22 bits per heavy atom. The van der Waals surface area contributed by atoms with Crippen molar-refractivity contribution < 1.29 is 9.53 Å². The molecule has 0 aliphatic rings. The second-order valence-corrected chi connectivity index (χ2v) is 7.47. The number of amides is 1. The number of benzene rings is 3. The minimum atomic E-state index is -0.305. The van der Waals surface area contributed by atoms with Crippen LogP contribution < -0.4 is 10.2 Å². The molecule has 1 N–H and O–H groups in total. The van der Waals surface area contributed by atoms with Gasteiger partial charge < -0.3 is 4.74 Å². The molecule has 4 heteroatoms. The van der Waals surface area contributed by atoms with Crippen LogP contribution in [0.4, 0.5) is 0 Å². The second kappa shape index (κ2) is 7.62. The van der Waals surface area contributed by atoms with Gasteiger partial charge in [-0.25, -0.2) is 5.43 Å². The fourth-order valence-corrected chi connectivity index (χ4v) is 2.86. The van der Waals surface area contributed by atoms with E-state index in [2.05, 4.69) is 43.4 Å². The highest BCUT2D eigenvalue weighted by atomic mass is 16.5. The Morgan fingerprint density at radius 1 is 1.00 bits per heavy atom. The molecule has 0 unspecified atom stereocenters. The van der Waals surface area contributed by atoms with Crippen LogP contribution in [0, 0.1) is 0 Å². The molecule has 138 valence electrons. The van der Waals surface area contributed by atoms with Crippen molar-refractivity contribution in [3.05, 3.63) is 77.4 Å². The summed E-state index contributed by atoms with van der Waals surface area (Å²) in [6, 6.07) is 19.7. The van der Waals surface area contributed by atoms with Crippen molar-refractivity contribution in [3.8, 4) is 5.75 Å². The van der Waals surface area contributed by atoms with Crippen molar-refractivity contribution >= 4 is 22.9 Å². The van der Waals surface area contributed by atoms with Crippen LogP contribution in [0.1, 0.15) is 42.3 Å². The number of hydrazone groups is 1. The fourth-order valence-electron chi connectivity index (χ4n) is 2.86. The van der Waals surface area contributed by atoms with Crippen LogP contribution in [0.2, 0.25) is 0 Å². The standard InChI is InChI=1S/C23H24N2O2/c1-23(2,3)19-11-9-16(10-12-19)15-24-25-22(26)20-13-17-7-5-6-8-18(17)14-21(20)27-4/h5-15H,1-4H3,(H,25,26)/b24-15-. The molecular formula is C23H24N2O2. The molecule has 3 rings (SSSR count). The molecule has 0 aromatic heterocycles. The molecule has 0 bridgehead atoms. The van der Waals surface area contributed by atoms with Gasteiger partial charge in [0.05, 0.1) is 18.9 Å². The fraction of sp³-hybridized carbons (Fsp3) is 0.217. The molecule has 0 fully saturated rings. The Bertz CT molecular complexity index is 983. The molecule has 0 saturated carbocycles. The lowest BCUT2D eigenvalue weighted by Crippen LogP contribution is -2.18. The summed E-state index contributed by atoms with van der Waals surface area (Å²) in [7, 11) is 1.56. The van der Waals surface area contributed by atoms with E-state index in [1.807, 2.05) is 48.5 Å². The molecule has 0 atom stereocenters. The van der Waals surface area contributed by atoms with Crippen LogP contribution in [0.25, 0.3) is 10.8 Å². The highest BCUT2D eigenvalue weighted by Crippen LogP contribution is 2.26. The van der Waals surface area contributed by atoms with Gasteiger partial charge in [-0.05, 0) is 39.4 Å². The van der Waals surface area contributed by atoms with Gasteiger partial charge >= 0.3 is 0 Å². The quantitative estimate of drug-likeness (QED) is 0.531. The zero-order valence-corrected chi connectivity index (χ0v) is 16.1. The first-order valence-electron chi connectivity index (χ1n) is 8.89. The van der Waals surface area contributed by atoms with Gasteiger partial charge in [0.2, 0.25) is 0 Å². The number of nitrogens with zero attached hydrogens (tertiary/aromatic N) is 1. The largest absolute Gasteiger partial charge is 0.496 e. The van der Waals surface area contributed by atoms with Crippen molar-refractivity contribution in [2.75, 3.05) is 7.11 Å². The van der Waals surface area contributed by atoms with Crippen LogP contribution in [-0.4, -0.2) is 19.2 Å². The Morgan fingerprint density at radius 2 is 1.63 bits per heavy atom. The maximum atomic E-state index is 12.5. The van der Waals surface area contributed by atoms with E-state index in [0.29, 0.717) is 11.3 Å². The first kappa shape index (κ1) is 18.6. The molecule has 0 radical (unpaired) electrons. The summed E-state index contributed by atoms with van der Waals surface area (Å²) >= 11 is 0. The zero-order valence-electron chi connectivity index (χ0n) is 16.1. The molecule has 0 heterocycles. The summed E-state index contributed by atoms with van der Waals surface area (Å²) in [4.78, 5) is 12.5. The highest BCUT2D eigenvalue weighted by molar-refractivity contribution is 6.01. The van der Waals surface area contributed by atoms with Crippen LogP contribution in [0.3, 0.4) is 0 Å². The second-order valence-electron chi connectivity index (χ2n) is 7.47. The van der Waals surface area contributed by atoms with Crippen LogP contribution in [0.5, 0.6) is 5.75 Å². The topological polar surface area (TPSA) is 50.7 Å². The van der Waals surface area contributed by atoms with E-state index in [4.69, 9.17) is 4.74 Å². The SMILES string of the molecule is COc1cc2ccccc2cc1C(=O)N/N=C\c1ccc(C(C)(C)C)cc1. The van der Waals surface area contributed by atoms with Gasteiger partial charge in [-0.3, -0.25) is 4.79 Å². The normalized spacial score (nSPS) is 11.7. The predicted octanol–water partition coefficient (Wildman–Crippen LogP) is 4.91. The monoisotopic (exact) mass is 360 g/mol. The van der Waals surface area contributed by atoms with Crippen molar-refractivity contribution in [2.45, 2.75) is 26.2 Å². The Balaban J connectivity index is 1.75. The van der Waals surface area contributed by atoms with E-state index in [9.17, 15) is 4.79 Å². The number of methoxy groups -OCH3 is 1. The van der Waals surface area contributed by atoms with Crippen molar-refractivity contribution in [3.63, 3.8) is 0 Å². The van der Waals surface area contributed by atoms with Gasteiger partial charge in [0.25, 0.3) is 5.91 Å². The lowest BCUT2D eigenvalue weighted by atomic mass is 9.87. The first-order valence-corrected chi connectivity index (χ1v) is 8.89. The molecule has 0 spiro atoms. The third-order valence-corrected chi connectivity index (χ3v) is 4.47. The molecule has 1 amide bonds. The van der Waals surface area contributed by atoms with Crippen molar-refractivity contribution in [2.24, 2.45) is 5.10 Å². The number of rotatable bonds is 4. The van der Waals surface area contributed by atoms with Gasteiger partial charge in [-0.15, -0.1) is 0 Å². The van der Waals surface area contributed by atoms with Gasteiger partial charge in [0.1, 0.15) is 5.75 Å². The summed E-state index contributed by atoms with van der Waals surface area (Å²) in [6.45, 7) is 6.52. The summed E-state index contributed by atoms with van der Waals surface area (Å²) in [6.07, 6.45) is 1.64. The molecule has 27 heavy (non-hydrogen) atoms. The third-order valence-electron chi connectivity index (χ3n) is 4.47. The van der Waals surface area contributed by atoms with Crippen molar-refractivity contribution in [1.82, 2.24) is 5.43 Å². The number of ether oxygens (including phenoxy) is 1. The highest BCUT2D eigenvalue weighted by Gasteiger charge is 2.14. The average Bonchev–Trinajstić information content (AvgIpc) is 2.66. The zero-order chi connectivity index (χ0) is 19.4. The Hall–Kier alpha value is -3.14. The molecule has 0 saturated heterocycles. The van der Waals surface area contributed by atoms with Crippen molar-refractivity contribution in [1.29, 1.82) is 0 Å². The maximum Gasteiger partial charge on any atom is 0.275 e. The lowest BCUT2D eigenvalue weighted by Gasteiger charge is -2.18. The minimum absolute atomic E-state index is 0.108. The van der Waals surface area contributed by atoms with Gasteiger partial charge in [0.15, 0.2) is 0 Å². The van der Waals surface area contributed by atoms with Crippen LogP contribution in [-0.2, 0) is 5.41 Å². The van der Waals surface area contributed by atoms with Gasteiger partial charge in [0, 0.05) is 0 Å². The Labute approximate surface area is 159 Å². The minimum Gasteiger partial charge on any atom is -0.496 e. The summed E-state index contributed by atoms with van der Waals surface area (Å²) in [5.41, 5.74) is 5.32. The first-order chi connectivity index (χ1) is 12.9. The molecule has 0 aliphatic carbocycles. The summed E-state index contributed by atoms with van der Waals surface area (Å²) in [5, 5.41) is 6.08. The molecule has 3 aromatic carbocycles. The number of carbonyl (C=O) groups is 1. The summed E-state index contributed by atoms with van der Waals surface area (Å²) < 4.78 is 5.37. The van der Waals surface area contributed by atoms with E-state index < -0.39 is 0 Å². The van der Waals surface area contributed by atoms with E-state index in [1.165, 1.54) is 5.56 Å². The average molecular weight is 360 g/mol. The third kappa shape index (κ3) is 4.34. The number of fused-ring (bicyclic) bond motifs is 1. The number of nitrogens with one attached hydrogen (secondary N) is 1. The van der Waals surface area contributed by atoms with E-state index in [1.54, 1.807) is 13.3 Å². The predicted molar refractivity (Wildman–Crippen MR) is 111 cm³/mol. The van der Waals surface area contributed by atoms with Gasteiger partial charge in [-0.1, -0.05) is 69.3 Å². The van der Waals surface area contributed by atoms with E-state index >= 15 is 0 Å². The number of carbonyl (C=O) groups excluding carboxylic acids is 1. The molecule has 3 aromatic rings. The number of hydrogen-bond acceptors (Lipinski definition) is 3. The van der Waals surface area contributed by atoms with E-state index in [0.717, 1.165) is 16.3 Å². The molecule has 0 aliphatic heterocycles.